The van der Waals surface area contributed by atoms with Gasteiger partial charge in [0.05, 0.1) is 13.4 Å². The Morgan fingerprint density at radius 1 is 1.32 bits per heavy atom. The summed E-state index contributed by atoms with van der Waals surface area (Å²) in [4.78, 5) is 4.21. The van der Waals surface area contributed by atoms with E-state index >= 15 is 0 Å². The molecule has 0 aliphatic rings. The third-order valence-electron chi connectivity index (χ3n) is 3.16. The minimum atomic E-state index is 0.628. The van der Waals surface area contributed by atoms with Crippen molar-refractivity contribution in [3.63, 3.8) is 0 Å². The first-order valence-corrected chi connectivity index (χ1v) is 7.81. The number of aliphatic imine (C=N–C) groups is 1. The Morgan fingerprint density at radius 3 is 2.86 bits per heavy atom. The van der Waals surface area contributed by atoms with Crippen LogP contribution in [0.2, 0.25) is 0 Å². The Hall–Kier alpha value is -1.95. The van der Waals surface area contributed by atoms with Crippen LogP contribution in [0, 0.1) is 0 Å². The van der Waals surface area contributed by atoms with E-state index in [-0.39, 0.29) is 0 Å². The number of hydrogen-bond acceptors (Lipinski definition) is 3. The molecule has 118 valence electrons. The number of nitrogens with zero attached hydrogens (tertiary/aromatic N) is 1. The van der Waals surface area contributed by atoms with Crippen LogP contribution < -0.4 is 15.4 Å². The maximum Gasteiger partial charge on any atom is 0.191 e. The van der Waals surface area contributed by atoms with Crippen molar-refractivity contribution in [2.24, 2.45) is 4.99 Å². The van der Waals surface area contributed by atoms with Crippen LogP contribution in [0.1, 0.15) is 11.3 Å². The molecule has 0 amide bonds. The van der Waals surface area contributed by atoms with Gasteiger partial charge in [-0.15, -0.1) is 0 Å². The lowest BCUT2D eigenvalue weighted by molar-refractivity contribution is 0.409. The third kappa shape index (κ3) is 4.80. The van der Waals surface area contributed by atoms with Crippen molar-refractivity contribution in [3.8, 4) is 5.75 Å². The summed E-state index contributed by atoms with van der Waals surface area (Å²) in [6.07, 6.45) is 2.50. The van der Waals surface area contributed by atoms with Gasteiger partial charge in [0.1, 0.15) is 11.5 Å². The Kier molecular flexibility index (Phi) is 6.33. The second-order valence-electron chi connectivity index (χ2n) is 4.64. The van der Waals surface area contributed by atoms with Crippen LogP contribution >= 0.6 is 15.9 Å². The molecule has 0 radical (unpaired) electrons. The standard InChI is InChI=1S/C16H20BrN3O2/c1-18-16(19-8-7-14-4-3-9-22-14)20-11-12-10-13(17)5-6-15(12)21-2/h3-6,9-10H,7-8,11H2,1-2H3,(H2,18,19,20). The number of nitrogens with one attached hydrogen (secondary N) is 2. The molecule has 6 heteroatoms. The van der Waals surface area contributed by atoms with Gasteiger partial charge in [-0.05, 0) is 30.3 Å². The molecule has 2 rings (SSSR count). The molecular formula is C16H20BrN3O2. The van der Waals surface area contributed by atoms with Gasteiger partial charge < -0.3 is 19.8 Å². The largest absolute Gasteiger partial charge is 0.496 e. The zero-order valence-electron chi connectivity index (χ0n) is 12.7. The normalized spacial score (nSPS) is 11.3. The lowest BCUT2D eigenvalue weighted by Gasteiger charge is -2.13. The van der Waals surface area contributed by atoms with Crippen molar-refractivity contribution in [3.05, 3.63) is 52.4 Å². The lowest BCUT2D eigenvalue weighted by Crippen LogP contribution is -2.37. The molecule has 1 aromatic carbocycles. The number of benzene rings is 1. The van der Waals surface area contributed by atoms with Gasteiger partial charge in [0.25, 0.3) is 0 Å². The minimum absolute atomic E-state index is 0.628. The van der Waals surface area contributed by atoms with Crippen molar-refractivity contribution < 1.29 is 9.15 Å². The zero-order chi connectivity index (χ0) is 15.8. The van der Waals surface area contributed by atoms with Gasteiger partial charge in [0, 0.05) is 36.6 Å². The van der Waals surface area contributed by atoms with Gasteiger partial charge in [0.15, 0.2) is 5.96 Å². The number of furan rings is 1. The number of rotatable bonds is 6. The van der Waals surface area contributed by atoms with E-state index in [1.54, 1.807) is 20.4 Å². The minimum Gasteiger partial charge on any atom is -0.496 e. The molecule has 0 fully saturated rings. The second kappa shape index (κ2) is 8.48. The Morgan fingerprint density at radius 2 is 2.18 bits per heavy atom. The SMILES string of the molecule is CN=C(NCCc1ccco1)NCc1cc(Br)ccc1OC. The summed E-state index contributed by atoms with van der Waals surface area (Å²) in [6.45, 7) is 1.38. The Bertz CT molecular complexity index is 612. The summed E-state index contributed by atoms with van der Waals surface area (Å²) in [5, 5.41) is 6.53. The predicted octanol–water partition coefficient (Wildman–Crippen LogP) is 2.96. The number of hydrogen-bond donors (Lipinski definition) is 2. The fourth-order valence-electron chi connectivity index (χ4n) is 2.04. The Labute approximate surface area is 138 Å². The fraction of sp³-hybridized carbons (Fsp3) is 0.312. The first kappa shape index (κ1) is 16.4. The Balaban J connectivity index is 1.84. The van der Waals surface area contributed by atoms with Gasteiger partial charge >= 0.3 is 0 Å². The topological polar surface area (TPSA) is 58.8 Å². The van der Waals surface area contributed by atoms with Crippen molar-refractivity contribution >= 4 is 21.9 Å². The molecule has 22 heavy (non-hydrogen) atoms. The zero-order valence-corrected chi connectivity index (χ0v) is 14.3. The van der Waals surface area contributed by atoms with Gasteiger partial charge in [0.2, 0.25) is 0 Å². The summed E-state index contributed by atoms with van der Waals surface area (Å²) in [5.74, 6) is 2.55. The van der Waals surface area contributed by atoms with Crippen molar-refractivity contribution in [1.29, 1.82) is 0 Å². The fourth-order valence-corrected chi connectivity index (χ4v) is 2.45. The van der Waals surface area contributed by atoms with Crippen LogP contribution in [0.25, 0.3) is 0 Å². The predicted molar refractivity (Wildman–Crippen MR) is 91.3 cm³/mol. The molecule has 5 nitrogen and oxygen atoms in total. The number of guanidine groups is 1. The highest BCUT2D eigenvalue weighted by Crippen LogP contribution is 2.22. The van der Waals surface area contributed by atoms with Crippen LogP contribution in [0.3, 0.4) is 0 Å². The summed E-state index contributed by atoms with van der Waals surface area (Å²) in [5.41, 5.74) is 1.06. The molecule has 0 unspecified atom stereocenters. The van der Waals surface area contributed by atoms with Crippen LogP contribution in [0.15, 0.2) is 50.5 Å². The maximum atomic E-state index is 5.36. The highest BCUT2D eigenvalue weighted by Gasteiger charge is 2.05. The molecule has 0 spiro atoms. The molecule has 0 saturated heterocycles. The van der Waals surface area contributed by atoms with E-state index in [4.69, 9.17) is 9.15 Å². The highest BCUT2D eigenvalue weighted by molar-refractivity contribution is 9.10. The monoisotopic (exact) mass is 365 g/mol. The maximum absolute atomic E-state index is 5.36. The number of halogens is 1. The first-order valence-electron chi connectivity index (χ1n) is 7.02. The van der Waals surface area contributed by atoms with E-state index in [1.165, 1.54) is 0 Å². The molecule has 0 saturated carbocycles. The molecule has 2 N–H and O–H groups in total. The molecule has 0 bridgehead atoms. The van der Waals surface area contributed by atoms with Crippen molar-refractivity contribution in [2.45, 2.75) is 13.0 Å². The third-order valence-corrected chi connectivity index (χ3v) is 3.65. The van der Waals surface area contributed by atoms with Crippen molar-refractivity contribution in [1.82, 2.24) is 10.6 Å². The summed E-state index contributed by atoms with van der Waals surface area (Å²) < 4.78 is 11.7. The first-order chi connectivity index (χ1) is 10.7. The average molecular weight is 366 g/mol. The second-order valence-corrected chi connectivity index (χ2v) is 5.55. The molecule has 2 aromatic rings. The summed E-state index contributed by atoms with van der Waals surface area (Å²) in [6, 6.07) is 9.78. The van der Waals surface area contributed by atoms with Gasteiger partial charge in [-0.2, -0.15) is 0 Å². The quantitative estimate of drug-likeness (QED) is 0.610. The van der Waals surface area contributed by atoms with Gasteiger partial charge in [-0.1, -0.05) is 15.9 Å². The van der Waals surface area contributed by atoms with E-state index in [9.17, 15) is 0 Å². The van der Waals surface area contributed by atoms with Crippen LogP contribution in [0.4, 0.5) is 0 Å². The molecule has 0 aliphatic heterocycles. The van der Waals surface area contributed by atoms with Crippen LogP contribution in [-0.2, 0) is 13.0 Å². The van der Waals surface area contributed by atoms with E-state index in [1.807, 2.05) is 30.3 Å². The summed E-state index contributed by atoms with van der Waals surface area (Å²) >= 11 is 3.47. The number of methoxy groups -OCH3 is 1. The van der Waals surface area contributed by atoms with E-state index < -0.39 is 0 Å². The molecular weight excluding hydrogens is 346 g/mol. The molecule has 1 heterocycles. The lowest BCUT2D eigenvalue weighted by atomic mass is 10.2. The van der Waals surface area contributed by atoms with Crippen LogP contribution in [0.5, 0.6) is 5.75 Å². The van der Waals surface area contributed by atoms with Gasteiger partial charge in [-0.3, -0.25) is 4.99 Å². The van der Waals surface area contributed by atoms with Crippen molar-refractivity contribution in [2.75, 3.05) is 20.7 Å². The van der Waals surface area contributed by atoms with E-state index in [0.717, 1.165) is 40.5 Å². The van der Waals surface area contributed by atoms with E-state index in [0.29, 0.717) is 6.54 Å². The number of ether oxygens (including phenoxy) is 1. The summed E-state index contributed by atoms with van der Waals surface area (Å²) in [7, 11) is 3.42. The molecule has 0 atom stereocenters. The molecule has 0 aliphatic carbocycles. The van der Waals surface area contributed by atoms with Crippen LogP contribution in [-0.4, -0.2) is 26.7 Å². The van der Waals surface area contributed by atoms with Gasteiger partial charge in [-0.25, -0.2) is 0 Å². The smallest absolute Gasteiger partial charge is 0.191 e. The highest BCUT2D eigenvalue weighted by atomic mass is 79.9. The molecule has 1 aromatic heterocycles. The van der Waals surface area contributed by atoms with E-state index in [2.05, 4.69) is 31.6 Å². The average Bonchev–Trinajstić information content (AvgIpc) is 3.04.